The number of hydrogen-bond donors (Lipinski definition) is 1. The van der Waals surface area contributed by atoms with E-state index < -0.39 is 0 Å². The van der Waals surface area contributed by atoms with Gasteiger partial charge in [-0.25, -0.2) is 0 Å². The van der Waals surface area contributed by atoms with Crippen LogP contribution in [0.3, 0.4) is 0 Å². The Morgan fingerprint density at radius 3 is 2.69 bits per heavy atom. The summed E-state index contributed by atoms with van der Waals surface area (Å²) in [4.78, 5) is 27.1. The molecular formula is C18H21ClN4O2S. The van der Waals surface area contributed by atoms with Crippen LogP contribution in [0.1, 0.15) is 33.8 Å². The maximum Gasteiger partial charge on any atom is 0.267 e. The van der Waals surface area contributed by atoms with E-state index in [1.165, 1.54) is 0 Å². The van der Waals surface area contributed by atoms with Crippen molar-refractivity contribution in [2.45, 2.75) is 26.2 Å². The zero-order valence-electron chi connectivity index (χ0n) is 14.6. The van der Waals surface area contributed by atoms with Crippen LogP contribution in [0.5, 0.6) is 0 Å². The highest BCUT2D eigenvalue weighted by molar-refractivity contribution is 7.07. The molecule has 26 heavy (non-hydrogen) atoms. The zero-order valence-corrected chi connectivity index (χ0v) is 16.1. The molecule has 1 fully saturated rings. The second-order valence-electron chi connectivity index (χ2n) is 6.50. The van der Waals surface area contributed by atoms with Crippen LogP contribution in [0.25, 0.3) is 0 Å². The van der Waals surface area contributed by atoms with Gasteiger partial charge in [-0.1, -0.05) is 34.3 Å². The van der Waals surface area contributed by atoms with Crippen molar-refractivity contribution >= 4 is 34.9 Å². The number of nitrogens with zero attached hydrogens (tertiary/aromatic N) is 3. The van der Waals surface area contributed by atoms with Crippen LogP contribution in [-0.4, -0.2) is 45.9 Å². The predicted octanol–water partition coefficient (Wildman–Crippen LogP) is 2.71. The lowest BCUT2D eigenvalue weighted by atomic mass is 9.96. The Hall–Kier alpha value is -1.99. The number of carbonyl (C=O) groups excluding carboxylic acids is 2. The Morgan fingerprint density at radius 1 is 1.31 bits per heavy atom. The van der Waals surface area contributed by atoms with E-state index in [0.717, 1.165) is 29.9 Å². The highest BCUT2D eigenvalue weighted by atomic mass is 35.5. The summed E-state index contributed by atoms with van der Waals surface area (Å²) in [6.07, 6.45) is 2.04. The molecule has 1 N–H and O–H groups in total. The summed E-state index contributed by atoms with van der Waals surface area (Å²) >= 11 is 7.24. The van der Waals surface area contributed by atoms with Crippen molar-refractivity contribution in [3.8, 4) is 0 Å². The molecule has 0 atom stereocenters. The van der Waals surface area contributed by atoms with Gasteiger partial charge < -0.3 is 10.2 Å². The molecule has 1 aromatic carbocycles. The summed E-state index contributed by atoms with van der Waals surface area (Å²) in [5.74, 6) is 0.372. The smallest absolute Gasteiger partial charge is 0.267 e. The predicted molar refractivity (Wildman–Crippen MR) is 101 cm³/mol. The van der Waals surface area contributed by atoms with Crippen molar-refractivity contribution in [3.63, 3.8) is 0 Å². The van der Waals surface area contributed by atoms with Crippen LogP contribution in [-0.2, 0) is 11.2 Å². The summed E-state index contributed by atoms with van der Waals surface area (Å²) in [5.41, 5.74) is 1.52. The first-order chi connectivity index (χ1) is 12.5. The molecule has 0 radical (unpaired) electrons. The summed E-state index contributed by atoms with van der Waals surface area (Å²) in [7, 11) is 0. The second kappa shape index (κ2) is 8.60. The van der Waals surface area contributed by atoms with Gasteiger partial charge in [0, 0.05) is 24.7 Å². The molecule has 1 aromatic heterocycles. The summed E-state index contributed by atoms with van der Waals surface area (Å²) in [5, 5.41) is 7.50. The third-order valence-electron chi connectivity index (χ3n) is 4.64. The van der Waals surface area contributed by atoms with E-state index in [2.05, 4.69) is 14.9 Å². The number of rotatable bonds is 5. The number of piperidine rings is 1. The van der Waals surface area contributed by atoms with E-state index in [1.54, 1.807) is 13.0 Å². The van der Waals surface area contributed by atoms with Crippen molar-refractivity contribution in [1.29, 1.82) is 0 Å². The van der Waals surface area contributed by atoms with E-state index in [1.807, 2.05) is 23.1 Å². The lowest BCUT2D eigenvalue weighted by Crippen LogP contribution is -2.41. The van der Waals surface area contributed by atoms with E-state index >= 15 is 0 Å². The average Bonchev–Trinajstić information content (AvgIpc) is 3.08. The maximum atomic E-state index is 12.5. The minimum absolute atomic E-state index is 0.0127. The zero-order chi connectivity index (χ0) is 18.5. The highest BCUT2D eigenvalue weighted by Crippen LogP contribution is 2.21. The normalized spacial score (nSPS) is 15.1. The Labute approximate surface area is 161 Å². The molecule has 1 saturated heterocycles. The van der Waals surface area contributed by atoms with Crippen LogP contribution >= 0.6 is 23.1 Å². The third kappa shape index (κ3) is 4.59. The highest BCUT2D eigenvalue weighted by Gasteiger charge is 2.26. The Kier molecular flexibility index (Phi) is 6.21. The number of benzene rings is 1. The molecule has 138 valence electrons. The number of aryl methyl sites for hydroxylation is 1. The van der Waals surface area contributed by atoms with Crippen LogP contribution in [0.4, 0.5) is 0 Å². The quantitative estimate of drug-likeness (QED) is 0.848. The Bertz CT molecular complexity index is 787. The number of halogens is 1. The Balaban J connectivity index is 1.43. The van der Waals surface area contributed by atoms with Gasteiger partial charge in [0.1, 0.15) is 4.88 Å². The molecule has 6 nitrogen and oxygen atoms in total. The maximum absolute atomic E-state index is 12.5. The average molecular weight is 393 g/mol. The first kappa shape index (κ1) is 18.8. The molecule has 3 rings (SSSR count). The fourth-order valence-corrected chi connectivity index (χ4v) is 3.87. The number of amides is 2. The summed E-state index contributed by atoms with van der Waals surface area (Å²) < 4.78 is 3.83. The van der Waals surface area contributed by atoms with Crippen molar-refractivity contribution in [3.05, 3.63) is 45.4 Å². The topological polar surface area (TPSA) is 75.2 Å². The molecule has 0 saturated carbocycles. The fraction of sp³-hybridized carbons (Fsp3) is 0.444. The molecule has 1 aliphatic rings. The molecular weight excluding hydrogens is 372 g/mol. The molecule has 2 heterocycles. The molecule has 2 amide bonds. The summed E-state index contributed by atoms with van der Waals surface area (Å²) in [6.45, 7) is 3.83. The van der Waals surface area contributed by atoms with Gasteiger partial charge in [0.25, 0.3) is 5.91 Å². The Morgan fingerprint density at radius 2 is 2.04 bits per heavy atom. The molecule has 0 unspecified atom stereocenters. The fourth-order valence-electron chi connectivity index (χ4n) is 3.05. The minimum Gasteiger partial charge on any atom is -0.356 e. The van der Waals surface area contributed by atoms with Gasteiger partial charge in [-0.3, -0.25) is 9.59 Å². The van der Waals surface area contributed by atoms with E-state index in [0.29, 0.717) is 41.1 Å². The van der Waals surface area contributed by atoms with Crippen LogP contribution < -0.4 is 5.32 Å². The van der Waals surface area contributed by atoms with Gasteiger partial charge in [-0.15, -0.1) is 5.10 Å². The number of carbonyl (C=O) groups is 2. The van der Waals surface area contributed by atoms with Crippen molar-refractivity contribution < 1.29 is 9.59 Å². The van der Waals surface area contributed by atoms with Crippen molar-refractivity contribution in [1.82, 2.24) is 19.8 Å². The molecule has 0 spiro atoms. The van der Waals surface area contributed by atoms with Crippen molar-refractivity contribution in [2.24, 2.45) is 5.92 Å². The monoisotopic (exact) mass is 392 g/mol. The number of nitrogens with one attached hydrogen (secondary N) is 1. The van der Waals surface area contributed by atoms with E-state index in [9.17, 15) is 9.59 Å². The molecule has 2 aromatic rings. The SMILES string of the molecule is Cc1nnsc1C(=O)N1CCC(CNC(=O)Cc2ccccc2Cl)CC1. The largest absolute Gasteiger partial charge is 0.356 e. The van der Waals surface area contributed by atoms with Gasteiger partial charge >= 0.3 is 0 Å². The van der Waals surface area contributed by atoms with Gasteiger partial charge in [-0.2, -0.15) is 0 Å². The lowest BCUT2D eigenvalue weighted by molar-refractivity contribution is -0.120. The molecule has 1 aliphatic heterocycles. The number of aromatic nitrogens is 2. The van der Waals surface area contributed by atoms with E-state index in [4.69, 9.17) is 11.6 Å². The standard InChI is InChI=1S/C18H21ClN4O2S/c1-12-17(26-22-21-12)18(25)23-8-6-13(7-9-23)11-20-16(24)10-14-4-2-3-5-15(14)19/h2-5,13H,6-11H2,1H3,(H,20,24). The van der Waals surface area contributed by atoms with Crippen molar-refractivity contribution in [2.75, 3.05) is 19.6 Å². The summed E-state index contributed by atoms with van der Waals surface area (Å²) in [6, 6.07) is 7.38. The van der Waals surface area contributed by atoms with Gasteiger partial charge in [0.15, 0.2) is 0 Å². The van der Waals surface area contributed by atoms with Crippen LogP contribution in [0, 0.1) is 12.8 Å². The van der Waals surface area contributed by atoms with Gasteiger partial charge in [-0.05, 0) is 48.8 Å². The first-order valence-corrected chi connectivity index (χ1v) is 9.78. The minimum atomic E-state index is -0.0250. The third-order valence-corrected chi connectivity index (χ3v) is 5.83. The van der Waals surface area contributed by atoms with Gasteiger partial charge in [0.2, 0.25) is 5.91 Å². The lowest BCUT2D eigenvalue weighted by Gasteiger charge is -2.31. The van der Waals surface area contributed by atoms with E-state index in [-0.39, 0.29) is 18.2 Å². The van der Waals surface area contributed by atoms with Gasteiger partial charge in [0.05, 0.1) is 12.1 Å². The first-order valence-electron chi connectivity index (χ1n) is 8.63. The molecule has 8 heteroatoms. The van der Waals surface area contributed by atoms with Crippen LogP contribution in [0.2, 0.25) is 5.02 Å². The number of hydrogen-bond acceptors (Lipinski definition) is 5. The molecule has 0 bridgehead atoms. The second-order valence-corrected chi connectivity index (χ2v) is 7.66. The number of likely N-dealkylation sites (tertiary alicyclic amines) is 1. The molecule has 0 aliphatic carbocycles. The van der Waals surface area contributed by atoms with Crippen LogP contribution in [0.15, 0.2) is 24.3 Å².